The zero-order chi connectivity index (χ0) is 28.4. The molecular weight excluding hydrogens is 541 g/mol. The molecule has 1 saturated heterocycles. The molecule has 2 fully saturated rings. The summed E-state index contributed by atoms with van der Waals surface area (Å²) in [5.41, 5.74) is 2.85. The molecule has 1 unspecified atom stereocenters. The Morgan fingerprint density at radius 3 is 2.51 bits per heavy atom. The lowest BCUT2D eigenvalue weighted by molar-refractivity contribution is -0.136. The van der Waals surface area contributed by atoms with Gasteiger partial charge in [0.1, 0.15) is 23.9 Å². The number of hydrogen-bond acceptors (Lipinski definition) is 6. The Hall–Kier alpha value is -4.11. The average molecular weight is 560 g/mol. The largest absolute Gasteiger partial charge is 0.493 e. The number of nitrogens with two attached hydrogens (primary N) is 1. The number of aromatic nitrogens is 3. The first-order valence-electron chi connectivity index (χ1n) is 11.4. The van der Waals surface area contributed by atoms with E-state index in [1.54, 1.807) is 0 Å². The molecule has 0 radical (unpaired) electrons. The van der Waals surface area contributed by atoms with Crippen LogP contribution in [0.1, 0.15) is 22.3 Å². The number of rotatable bonds is 5. The van der Waals surface area contributed by atoms with Crippen molar-refractivity contribution in [3.05, 3.63) is 41.5 Å². The van der Waals surface area contributed by atoms with E-state index in [-0.39, 0.29) is 11.3 Å². The van der Waals surface area contributed by atoms with Crippen LogP contribution in [0.3, 0.4) is 0 Å². The van der Waals surface area contributed by atoms with E-state index in [4.69, 9.17) is 10.5 Å². The van der Waals surface area contributed by atoms with E-state index in [2.05, 4.69) is 15.4 Å². The molecule has 0 spiro atoms. The maximum atomic E-state index is 15.0. The molecule has 1 aliphatic heterocycles. The number of likely N-dealkylation sites (tertiary alicyclic amines) is 1. The number of amides is 2. The van der Waals surface area contributed by atoms with Gasteiger partial charge in [-0.05, 0) is 18.2 Å². The van der Waals surface area contributed by atoms with Gasteiger partial charge < -0.3 is 20.7 Å². The second-order valence-corrected chi connectivity index (χ2v) is 9.24. The number of nitrogens with one attached hydrogen (secondary N) is 1. The average Bonchev–Trinajstić information content (AvgIpc) is 3.15. The molecular formula is C23H19F7N6O3. The third kappa shape index (κ3) is 4.57. The summed E-state index contributed by atoms with van der Waals surface area (Å²) in [6.45, 7) is -0.934. The summed E-state index contributed by atoms with van der Waals surface area (Å²) in [4.78, 5) is 29.8. The van der Waals surface area contributed by atoms with Crippen molar-refractivity contribution in [1.82, 2.24) is 24.8 Å². The van der Waals surface area contributed by atoms with E-state index in [1.165, 1.54) is 0 Å². The molecule has 16 heteroatoms. The quantitative estimate of drug-likeness (QED) is 0.464. The lowest BCUT2D eigenvalue weighted by atomic mass is 10.0. The Bertz CT molecular complexity index is 1490. The number of benzene rings is 1. The topological polar surface area (TPSA) is 115 Å². The van der Waals surface area contributed by atoms with Gasteiger partial charge in [0.05, 0.1) is 36.5 Å². The lowest BCUT2D eigenvalue weighted by Crippen LogP contribution is -2.42. The van der Waals surface area contributed by atoms with Crippen LogP contribution in [0.15, 0.2) is 24.5 Å². The monoisotopic (exact) mass is 560 g/mol. The zero-order valence-corrected chi connectivity index (χ0v) is 19.9. The minimum Gasteiger partial charge on any atom is -0.493 e. The van der Waals surface area contributed by atoms with E-state index in [9.17, 15) is 35.9 Å². The maximum absolute atomic E-state index is 15.0. The third-order valence-corrected chi connectivity index (χ3v) is 6.68. The fraction of sp³-hybridized carbons (Fsp3) is 0.391. The van der Waals surface area contributed by atoms with Gasteiger partial charge in [-0.25, -0.2) is 27.1 Å². The van der Waals surface area contributed by atoms with Gasteiger partial charge in [0.15, 0.2) is 17.4 Å². The van der Waals surface area contributed by atoms with Crippen LogP contribution in [0, 0.1) is 11.7 Å². The molecule has 9 nitrogen and oxygen atoms in total. The predicted octanol–water partition coefficient (Wildman–Crippen LogP) is 3.08. The maximum Gasteiger partial charge on any atom is 0.418 e. The standard InChI is InChI=1S/C23H19F7N6O3/c1-39-18-10(20(37)34-15-7-35(6-14(15)25)21(38)12-5-22(12,26)27)2-9(3-13(18)24)16-4-11(23(28,29)30)17-19(31)32-8-33-36(16)17/h2-4,8,12,14-15H,5-7H2,1H3,(H,34,37)(H2,31,32,33)/t12?,14-,15+/m0/s1. The predicted molar refractivity (Wildman–Crippen MR) is 120 cm³/mol. The molecule has 3 atom stereocenters. The minimum atomic E-state index is -4.88. The van der Waals surface area contributed by atoms with Crippen molar-refractivity contribution in [1.29, 1.82) is 0 Å². The van der Waals surface area contributed by atoms with Crippen LogP contribution in [-0.2, 0) is 11.0 Å². The van der Waals surface area contributed by atoms with Crippen LogP contribution in [0.4, 0.5) is 36.6 Å². The Morgan fingerprint density at radius 1 is 1.21 bits per heavy atom. The number of anilines is 1. The molecule has 2 aromatic heterocycles. The number of methoxy groups -OCH3 is 1. The number of alkyl halides is 6. The van der Waals surface area contributed by atoms with Crippen molar-refractivity contribution in [3.8, 4) is 17.0 Å². The Labute approximate surface area is 214 Å². The molecule has 5 rings (SSSR count). The van der Waals surface area contributed by atoms with Crippen molar-refractivity contribution < 1.29 is 45.1 Å². The second kappa shape index (κ2) is 8.98. The molecule has 208 valence electrons. The van der Waals surface area contributed by atoms with E-state index >= 15 is 4.39 Å². The number of fused-ring (bicyclic) bond motifs is 1. The Morgan fingerprint density at radius 2 is 1.90 bits per heavy atom. The molecule has 1 saturated carbocycles. The van der Waals surface area contributed by atoms with Gasteiger partial charge in [0, 0.05) is 18.5 Å². The van der Waals surface area contributed by atoms with Gasteiger partial charge in [-0.2, -0.15) is 18.3 Å². The van der Waals surface area contributed by atoms with Gasteiger partial charge in [-0.1, -0.05) is 0 Å². The third-order valence-electron chi connectivity index (χ3n) is 6.68. The zero-order valence-electron chi connectivity index (χ0n) is 19.9. The van der Waals surface area contributed by atoms with E-state index < -0.39 is 95.6 Å². The van der Waals surface area contributed by atoms with Gasteiger partial charge in [-0.3, -0.25) is 9.59 Å². The lowest BCUT2D eigenvalue weighted by Gasteiger charge is -2.18. The number of hydrogen-bond donors (Lipinski definition) is 2. The van der Waals surface area contributed by atoms with E-state index in [1.807, 2.05) is 0 Å². The highest BCUT2D eigenvalue weighted by Gasteiger charge is 2.63. The van der Waals surface area contributed by atoms with Gasteiger partial charge in [0.2, 0.25) is 5.91 Å². The number of carbonyl (C=O) groups excluding carboxylic acids is 2. The second-order valence-electron chi connectivity index (χ2n) is 9.24. The summed E-state index contributed by atoms with van der Waals surface area (Å²) >= 11 is 0. The van der Waals surface area contributed by atoms with Crippen LogP contribution >= 0.6 is 0 Å². The highest BCUT2D eigenvalue weighted by atomic mass is 19.4. The van der Waals surface area contributed by atoms with Gasteiger partial charge in [0.25, 0.3) is 11.8 Å². The first kappa shape index (κ1) is 26.5. The van der Waals surface area contributed by atoms with Crippen molar-refractivity contribution in [3.63, 3.8) is 0 Å². The first-order valence-corrected chi connectivity index (χ1v) is 11.4. The number of nitrogen functional groups attached to an aromatic ring is 1. The SMILES string of the molecule is COc1c(F)cc(-c2cc(C(F)(F)F)c3c(N)ncnn23)cc1C(=O)N[C@@H]1CN(C(=O)C2CC2(F)F)C[C@@H]1F. The van der Waals surface area contributed by atoms with E-state index in [0.717, 1.165) is 35.0 Å². The fourth-order valence-electron chi connectivity index (χ4n) is 4.63. The van der Waals surface area contributed by atoms with Gasteiger partial charge >= 0.3 is 6.18 Å². The highest BCUT2D eigenvalue weighted by molar-refractivity contribution is 5.99. The number of ether oxygens (including phenoxy) is 1. The van der Waals surface area contributed by atoms with Crippen molar-refractivity contribution >= 4 is 23.1 Å². The molecule has 0 bridgehead atoms. The van der Waals surface area contributed by atoms with Crippen LogP contribution in [-0.4, -0.2) is 69.6 Å². The molecule has 1 aliphatic carbocycles. The summed E-state index contributed by atoms with van der Waals surface area (Å²) in [7, 11) is 1.04. The summed E-state index contributed by atoms with van der Waals surface area (Å²) < 4.78 is 103. The molecule has 39 heavy (non-hydrogen) atoms. The Balaban J connectivity index is 1.48. The molecule has 1 aromatic carbocycles. The van der Waals surface area contributed by atoms with Gasteiger partial charge in [-0.15, -0.1) is 0 Å². The molecule has 3 N–H and O–H groups in total. The highest BCUT2D eigenvalue weighted by Crippen LogP contribution is 2.50. The molecule has 2 aliphatic rings. The van der Waals surface area contributed by atoms with Crippen molar-refractivity contribution in [2.24, 2.45) is 5.92 Å². The number of carbonyl (C=O) groups is 2. The van der Waals surface area contributed by atoms with Crippen molar-refractivity contribution in [2.45, 2.75) is 30.7 Å². The van der Waals surface area contributed by atoms with Crippen LogP contribution in [0.25, 0.3) is 16.8 Å². The van der Waals surface area contributed by atoms with Crippen LogP contribution in [0.2, 0.25) is 0 Å². The van der Waals surface area contributed by atoms with Crippen LogP contribution < -0.4 is 15.8 Å². The Kier molecular flexibility index (Phi) is 6.10. The number of nitrogens with zero attached hydrogens (tertiary/aromatic N) is 4. The molecule has 3 heterocycles. The van der Waals surface area contributed by atoms with E-state index in [0.29, 0.717) is 6.07 Å². The fourth-order valence-corrected chi connectivity index (χ4v) is 4.63. The van der Waals surface area contributed by atoms with Crippen molar-refractivity contribution in [2.75, 3.05) is 25.9 Å². The number of halogens is 7. The molecule has 2 amide bonds. The summed E-state index contributed by atoms with van der Waals surface area (Å²) in [5, 5.41) is 6.07. The first-order chi connectivity index (χ1) is 18.2. The molecule has 3 aromatic rings. The summed E-state index contributed by atoms with van der Waals surface area (Å²) in [5.74, 6) is -8.90. The smallest absolute Gasteiger partial charge is 0.418 e. The summed E-state index contributed by atoms with van der Waals surface area (Å²) in [6, 6.07) is 1.19. The van der Waals surface area contributed by atoms with Crippen LogP contribution in [0.5, 0.6) is 5.75 Å². The minimum absolute atomic E-state index is 0.224. The summed E-state index contributed by atoms with van der Waals surface area (Å²) in [6.07, 6.45) is -6.43. The normalized spacial score (nSPS) is 22.3.